The van der Waals surface area contributed by atoms with Gasteiger partial charge in [0, 0.05) is 64.6 Å². The molecule has 1 aromatic carbocycles. The first-order valence-corrected chi connectivity index (χ1v) is 13.8. The Morgan fingerprint density at radius 2 is 2.00 bits per heavy atom. The minimum atomic E-state index is -0.209. The molecule has 39 heavy (non-hydrogen) atoms. The van der Waals surface area contributed by atoms with E-state index in [1.165, 1.54) is 23.0 Å². The fourth-order valence-electron chi connectivity index (χ4n) is 5.19. The van der Waals surface area contributed by atoms with Gasteiger partial charge in [0.1, 0.15) is 0 Å². The first kappa shape index (κ1) is 27.0. The predicted molar refractivity (Wildman–Crippen MR) is 152 cm³/mol. The largest absolute Gasteiger partial charge is 0.348 e. The second kappa shape index (κ2) is 13.0. The molecule has 2 N–H and O–H groups in total. The van der Waals surface area contributed by atoms with E-state index >= 15 is 0 Å². The van der Waals surface area contributed by atoms with Crippen LogP contribution in [0, 0.1) is 0 Å². The number of carbonyl (C=O) groups excluding carboxylic acids is 1. The Morgan fingerprint density at radius 3 is 2.85 bits per heavy atom. The predicted octanol–water partition coefficient (Wildman–Crippen LogP) is 4.46. The lowest BCUT2D eigenvalue weighted by Crippen LogP contribution is -2.37. The van der Waals surface area contributed by atoms with Crippen molar-refractivity contribution in [3.8, 4) is 0 Å². The number of carbonyl (C=O) groups is 1. The summed E-state index contributed by atoms with van der Waals surface area (Å²) in [5, 5.41) is 6.91. The molecule has 8 nitrogen and oxygen atoms in total. The first-order valence-electron chi connectivity index (χ1n) is 13.4. The third-order valence-electron chi connectivity index (χ3n) is 7.25. The highest BCUT2D eigenvalue weighted by molar-refractivity contribution is 6.33. The van der Waals surface area contributed by atoms with Crippen LogP contribution in [0.15, 0.2) is 73.6 Å². The second-order valence-corrected chi connectivity index (χ2v) is 10.4. The molecule has 0 radical (unpaired) electrons. The number of halogens is 1. The summed E-state index contributed by atoms with van der Waals surface area (Å²) in [6.07, 6.45) is 12.0. The molecule has 3 aromatic heterocycles. The van der Waals surface area contributed by atoms with Crippen LogP contribution < -0.4 is 10.6 Å². The van der Waals surface area contributed by atoms with Crippen LogP contribution in [0.25, 0.3) is 0 Å². The van der Waals surface area contributed by atoms with Crippen molar-refractivity contribution in [2.24, 2.45) is 7.05 Å². The molecule has 9 heteroatoms. The zero-order chi connectivity index (χ0) is 27.0. The SMILES string of the molecule is Cn1cncc1CNCCN(Cc1cccc(CNC(=O)c2ccncc2Cl)c1)C1CCCc2cccnc21. The maximum Gasteiger partial charge on any atom is 0.253 e. The van der Waals surface area contributed by atoms with Gasteiger partial charge in [0.25, 0.3) is 5.91 Å². The number of aryl methyl sites for hydroxylation is 2. The molecule has 202 valence electrons. The Hall–Kier alpha value is -3.59. The molecule has 5 rings (SSSR count). The number of hydrogen-bond acceptors (Lipinski definition) is 6. The van der Waals surface area contributed by atoms with Crippen LogP contribution in [-0.4, -0.2) is 43.4 Å². The molecule has 3 heterocycles. The van der Waals surface area contributed by atoms with Crippen molar-refractivity contribution in [1.29, 1.82) is 0 Å². The summed E-state index contributed by atoms with van der Waals surface area (Å²) in [4.78, 5) is 28.1. The number of amides is 1. The van der Waals surface area contributed by atoms with E-state index in [4.69, 9.17) is 16.6 Å². The third-order valence-corrected chi connectivity index (χ3v) is 7.55. The maximum absolute atomic E-state index is 12.6. The molecule has 0 saturated heterocycles. The molecule has 4 aromatic rings. The zero-order valence-corrected chi connectivity index (χ0v) is 22.9. The molecule has 1 aliphatic carbocycles. The molecular formula is C30H34ClN7O. The molecule has 0 fully saturated rings. The monoisotopic (exact) mass is 543 g/mol. The van der Waals surface area contributed by atoms with Gasteiger partial charge in [-0.2, -0.15) is 0 Å². The number of nitrogens with one attached hydrogen (secondary N) is 2. The zero-order valence-electron chi connectivity index (χ0n) is 22.2. The number of rotatable bonds is 11. The van der Waals surface area contributed by atoms with E-state index in [0.29, 0.717) is 17.1 Å². The molecule has 1 atom stereocenters. The Labute approximate surface area is 234 Å². The highest BCUT2D eigenvalue weighted by Gasteiger charge is 2.27. The summed E-state index contributed by atoms with van der Waals surface area (Å²) >= 11 is 6.14. The fourth-order valence-corrected chi connectivity index (χ4v) is 5.39. The summed E-state index contributed by atoms with van der Waals surface area (Å²) in [5.74, 6) is -0.209. The molecule has 0 bridgehead atoms. The summed E-state index contributed by atoms with van der Waals surface area (Å²) in [6, 6.07) is 14.6. The van der Waals surface area contributed by atoms with Gasteiger partial charge in [-0.1, -0.05) is 41.9 Å². The van der Waals surface area contributed by atoms with E-state index in [1.807, 2.05) is 42.5 Å². The van der Waals surface area contributed by atoms with Crippen molar-refractivity contribution in [2.75, 3.05) is 13.1 Å². The van der Waals surface area contributed by atoms with Gasteiger partial charge >= 0.3 is 0 Å². The number of fused-ring (bicyclic) bond motifs is 1. The minimum Gasteiger partial charge on any atom is -0.348 e. The second-order valence-electron chi connectivity index (χ2n) is 9.96. The number of aromatic nitrogens is 4. The number of hydrogen-bond donors (Lipinski definition) is 2. The molecule has 1 unspecified atom stereocenters. The molecule has 0 spiro atoms. The van der Waals surface area contributed by atoms with Crippen LogP contribution in [0.3, 0.4) is 0 Å². The Kier molecular flexibility index (Phi) is 8.98. The van der Waals surface area contributed by atoms with Crippen molar-refractivity contribution < 1.29 is 4.79 Å². The van der Waals surface area contributed by atoms with E-state index in [-0.39, 0.29) is 11.9 Å². The molecule has 1 aliphatic rings. The topological polar surface area (TPSA) is 88.0 Å². The quantitative estimate of drug-likeness (QED) is 0.272. The first-order chi connectivity index (χ1) is 19.1. The molecular weight excluding hydrogens is 510 g/mol. The van der Waals surface area contributed by atoms with E-state index in [2.05, 4.69) is 49.8 Å². The lowest BCUT2D eigenvalue weighted by Gasteiger charge is -2.35. The van der Waals surface area contributed by atoms with Gasteiger partial charge in [0.15, 0.2) is 0 Å². The minimum absolute atomic E-state index is 0.209. The van der Waals surface area contributed by atoms with Gasteiger partial charge in [-0.15, -0.1) is 0 Å². The summed E-state index contributed by atoms with van der Waals surface area (Å²) in [5.41, 5.74) is 6.40. The molecule has 0 saturated carbocycles. The summed E-state index contributed by atoms with van der Waals surface area (Å²) in [7, 11) is 2.02. The lowest BCUT2D eigenvalue weighted by molar-refractivity contribution is 0.0951. The highest BCUT2D eigenvalue weighted by Crippen LogP contribution is 2.33. The average molecular weight is 544 g/mol. The van der Waals surface area contributed by atoms with E-state index in [9.17, 15) is 4.79 Å². The van der Waals surface area contributed by atoms with Crippen LogP contribution in [0.1, 0.15) is 57.3 Å². The number of benzene rings is 1. The number of imidazole rings is 1. The van der Waals surface area contributed by atoms with Crippen molar-refractivity contribution in [1.82, 2.24) is 35.1 Å². The Balaban J connectivity index is 1.27. The van der Waals surface area contributed by atoms with Gasteiger partial charge in [-0.25, -0.2) is 4.98 Å². The Bertz CT molecular complexity index is 1410. The smallest absolute Gasteiger partial charge is 0.253 e. The standard InChI is InChI=1S/C30H34ClN7O/c1-37-21-34-18-25(37)17-33-13-14-38(28-9-3-7-24-8-4-11-35-29(24)28)20-23-6-2-5-22(15-23)16-36-30(39)26-10-12-32-19-27(26)31/h2,4-6,8,10-12,15,18-19,21,28,33H,3,7,9,13-14,16-17,20H2,1H3,(H,36,39). The van der Waals surface area contributed by atoms with Crippen molar-refractivity contribution in [3.05, 3.63) is 112 Å². The molecule has 1 amide bonds. The highest BCUT2D eigenvalue weighted by atomic mass is 35.5. The van der Waals surface area contributed by atoms with E-state index in [1.54, 1.807) is 12.3 Å². The van der Waals surface area contributed by atoms with Crippen LogP contribution in [-0.2, 0) is 33.1 Å². The average Bonchev–Trinajstić information content (AvgIpc) is 3.38. The van der Waals surface area contributed by atoms with Crippen LogP contribution in [0.5, 0.6) is 0 Å². The number of nitrogens with zero attached hydrogens (tertiary/aromatic N) is 5. The summed E-state index contributed by atoms with van der Waals surface area (Å²) in [6.45, 7) is 3.74. The van der Waals surface area contributed by atoms with Gasteiger partial charge in [-0.05, 0) is 48.1 Å². The maximum atomic E-state index is 12.6. The number of pyridine rings is 2. The van der Waals surface area contributed by atoms with Crippen LogP contribution in [0.2, 0.25) is 5.02 Å². The van der Waals surface area contributed by atoms with Crippen molar-refractivity contribution in [2.45, 2.75) is 44.9 Å². The lowest BCUT2D eigenvalue weighted by atomic mass is 9.90. The van der Waals surface area contributed by atoms with Gasteiger partial charge in [-0.3, -0.25) is 19.7 Å². The summed E-state index contributed by atoms with van der Waals surface area (Å²) < 4.78 is 2.04. The van der Waals surface area contributed by atoms with Crippen LogP contribution in [0.4, 0.5) is 0 Å². The van der Waals surface area contributed by atoms with Gasteiger partial charge in [0.2, 0.25) is 0 Å². The fraction of sp³-hybridized carbons (Fsp3) is 0.333. The van der Waals surface area contributed by atoms with E-state index < -0.39 is 0 Å². The van der Waals surface area contributed by atoms with Crippen molar-refractivity contribution in [3.63, 3.8) is 0 Å². The van der Waals surface area contributed by atoms with Crippen LogP contribution >= 0.6 is 11.6 Å². The van der Waals surface area contributed by atoms with Gasteiger partial charge in [0.05, 0.1) is 34.3 Å². The molecule has 0 aliphatic heterocycles. The Morgan fingerprint density at radius 1 is 1.10 bits per heavy atom. The van der Waals surface area contributed by atoms with E-state index in [0.717, 1.165) is 56.7 Å². The van der Waals surface area contributed by atoms with Gasteiger partial charge < -0.3 is 15.2 Å². The normalized spacial score (nSPS) is 14.8. The van der Waals surface area contributed by atoms with Crippen molar-refractivity contribution >= 4 is 17.5 Å². The third kappa shape index (κ3) is 6.89.